The molecule has 1 saturated carbocycles. The summed E-state index contributed by atoms with van der Waals surface area (Å²) in [6.07, 6.45) is 6.25. The van der Waals surface area contributed by atoms with E-state index in [0.29, 0.717) is 24.2 Å². The maximum atomic E-state index is 15.4. The van der Waals surface area contributed by atoms with Crippen LogP contribution in [0.5, 0.6) is 0 Å². The summed E-state index contributed by atoms with van der Waals surface area (Å²) >= 11 is 0. The second-order valence-corrected chi connectivity index (χ2v) is 11.8. The van der Waals surface area contributed by atoms with Crippen molar-refractivity contribution in [1.82, 2.24) is 25.4 Å². The van der Waals surface area contributed by atoms with Crippen molar-refractivity contribution in [1.29, 1.82) is 0 Å². The molecule has 2 aliphatic rings. The number of anilines is 1. The van der Waals surface area contributed by atoms with Crippen LogP contribution in [0.3, 0.4) is 0 Å². The highest BCUT2D eigenvalue weighted by molar-refractivity contribution is 5.97. The summed E-state index contributed by atoms with van der Waals surface area (Å²) in [5.74, 6) is -2.11. The summed E-state index contributed by atoms with van der Waals surface area (Å²) in [7, 11) is 1.99. The number of carbonyl (C=O) groups is 4. The molecule has 1 aromatic heterocycles. The van der Waals surface area contributed by atoms with Crippen molar-refractivity contribution in [3.05, 3.63) is 63.8 Å². The van der Waals surface area contributed by atoms with Crippen LogP contribution < -0.4 is 21.5 Å². The highest BCUT2D eigenvalue weighted by Gasteiger charge is 2.32. The van der Waals surface area contributed by atoms with Crippen LogP contribution in [-0.4, -0.2) is 83.7 Å². The monoisotopic (exact) mass is 610 g/mol. The lowest BCUT2D eigenvalue weighted by atomic mass is 9.83. The van der Waals surface area contributed by atoms with Gasteiger partial charge in [-0.15, -0.1) is 0 Å². The molecule has 4 amide bonds. The molecule has 0 radical (unpaired) electrons. The number of aromatic amines is 1. The number of rotatable bonds is 11. The predicted molar refractivity (Wildman–Crippen MR) is 164 cm³/mol. The van der Waals surface area contributed by atoms with Gasteiger partial charge in [-0.1, -0.05) is 38.3 Å². The molecule has 2 atom stereocenters. The van der Waals surface area contributed by atoms with Crippen LogP contribution in [0.4, 0.5) is 10.1 Å². The Balaban J connectivity index is 1.44. The number of aromatic nitrogens is 1. The lowest BCUT2D eigenvalue weighted by Gasteiger charge is -2.34. The second-order valence-electron chi connectivity index (χ2n) is 11.8. The van der Waals surface area contributed by atoms with Gasteiger partial charge in [0.25, 0.3) is 0 Å². The van der Waals surface area contributed by atoms with Gasteiger partial charge in [0.15, 0.2) is 0 Å². The smallest absolute Gasteiger partial charge is 0.247 e. The maximum Gasteiger partial charge on any atom is 0.247 e. The molecule has 44 heavy (non-hydrogen) atoms. The summed E-state index contributed by atoms with van der Waals surface area (Å²) in [4.78, 5) is 69.6. The van der Waals surface area contributed by atoms with Gasteiger partial charge in [0.1, 0.15) is 17.9 Å². The third-order valence-electron chi connectivity index (χ3n) is 8.43. The van der Waals surface area contributed by atoms with Crippen molar-refractivity contribution < 1.29 is 23.6 Å². The minimum Gasteiger partial charge on any atom is -0.344 e. The number of hydrogen-bond acceptors (Lipinski definition) is 6. The number of carbonyl (C=O) groups excluding carboxylic acids is 4. The van der Waals surface area contributed by atoms with E-state index in [1.165, 1.54) is 24.4 Å². The van der Waals surface area contributed by atoms with Gasteiger partial charge in [-0.2, -0.15) is 0 Å². The van der Waals surface area contributed by atoms with Gasteiger partial charge in [0, 0.05) is 51.3 Å². The standard InChI is InChI=1S/C32H43FN6O5/c1-3-27(40)35-26(32(44)39-15-13-38(2)14-16-39)18-21-9-11-25(24(33)17-21)36-31(43)30(23-7-5-4-6-8-23)37-29(42)19-22-10-12-28(41)34-20-22/h9-12,17,20,23,26,30H,3-8,13-16,18-19H2,1-2H3,(H,34,41)(H,35,40)(H,36,43)(H,37,42)/t26-,30+/m1/s1. The van der Waals surface area contributed by atoms with Crippen molar-refractivity contribution in [2.75, 3.05) is 38.5 Å². The van der Waals surface area contributed by atoms with Crippen LogP contribution in [0.15, 0.2) is 41.3 Å². The third-order valence-corrected chi connectivity index (χ3v) is 8.43. The SMILES string of the molecule is CCC(=O)N[C@H](Cc1ccc(NC(=O)[C@@H](NC(=O)Cc2ccc(=O)[nH]c2)C2CCCCC2)c(F)c1)C(=O)N1CCN(C)CC1. The first kappa shape index (κ1) is 32.8. The predicted octanol–water partition coefficient (Wildman–Crippen LogP) is 1.97. The van der Waals surface area contributed by atoms with Crippen molar-refractivity contribution in [2.24, 2.45) is 5.92 Å². The van der Waals surface area contributed by atoms with E-state index in [1.807, 2.05) is 7.05 Å². The van der Waals surface area contributed by atoms with Gasteiger partial charge >= 0.3 is 0 Å². The number of hydrogen-bond donors (Lipinski definition) is 4. The molecule has 4 rings (SSSR count). The Bertz CT molecular complexity index is 1360. The molecule has 1 aromatic carbocycles. The number of piperazine rings is 1. The van der Waals surface area contributed by atoms with Crippen molar-refractivity contribution in [3.63, 3.8) is 0 Å². The van der Waals surface area contributed by atoms with Crippen LogP contribution in [0.25, 0.3) is 0 Å². The van der Waals surface area contributed by atoms with Crippen molar-refractivity contribution in [3.8, 4) is 0 Å². The van der Waals surface area contributed by atoms with Gasteiger partial charge < -0.3 is 30.7 Å². The topological polar surface area (TPSA) is 144 Å². The fourth-order valence-corrected chi connectivity index (χ4v) is 5.80. The minimum absolute atomic E-state index is 0.0150. The lowest BCUT2D eigenvalue weighted by molar-refractivity contribution is -0.137. The van der Waals surface area contributed by atoms with Crippen LogP contribution >= 0.6 is 0 Å². The zero-order valence-electron chi connectivity index (χ0n) is 25.5. The summed E-state index contributed by atoms with van der Waals surface area (Å²) in [5.41, 5.74) is 0.798. The average Bonchev–Trinajstić information content (AvgIpc) is 3.02. The molecule has 4 N–H and O–H groups in total. The second kappa shape index (κ2) is 15.6. The molecule has 1 aliphatic heterocycles. The first-order valence-electron chi connectivity index (χ1n) is 15.5. The molecule has 11 nitrogen and oxygen atoms in total. The van der Waals surface area contributed by atoms with Gasteiger partial charge in [-0.05, 0) is 49.1 Å². The number of H-pyrrole nitrogens is 1. The Morgan fingerprint density at radius 3 is 2.30 bits per heavy atom. The molecular formula is C32H43FN6O5. The third kappa shape index (κ3) is 9.22. The first-order chi connectivity index (χ1) is 21.1. The van der Waals surface area contributed by atoms with Crippen LogP contribution in [0, 0.1) is 11.7 Å². The van der Waals surface area contributed by atoms with Gasteiger partial charge in [-0.25, -0.2) is 4.39 Å². The zero-order valence-corrected chi connectivity index (χ0v) is 25.5. The number of benzene rings is 1. The molecule has 1 saturated heterocycles. The van der Waals surface area contributed by atoms with Gasteiger partial charge in [0.2, 0.25) is 29.2 Å². The highest BCUT2D eigenvalue weighted by Crippen LogP contribution is 2.28. The average molecular weight is 611 g/mol. The van der Waals surface area contributed by atoms with Gasteiger partial charge in [0.05, 0.1) is 12.1 Å². The Morgan fingerprint density at radius 1 is 0.955 bits per heavy atom. The number of pyridine rings is 1. The van der Waals surface area contributed by atoms with E-state index in [9.17, 15) is 24.0 Å². The fourth-order valence-electron chi connectivity index (χ4n) is 5.80. The van der Waals surface area contributed by atoms with Crippen LogP contribution in [0.2, 0.25) is 0 Å². The molecule has 0 spiro atoms. The number of halogens is 1. The number of likely N-dealkylation sites (N-methyl/N-ethyl adjacent to an activating group) is 1. The summed E-state index contributed by atoms with van der Waals surface area (Å²) < 4.78 is 15.4. The highest BCUT2D eigenvalue weighted by atomic mass is 19.1. The lowest BCUT2D eigenvalue weighted by Crippen LogP contribution is -2.54. The first-order valence-corrected chi connectivity index (χ1v) is 15.5. The quantitative estimate of drug-likeness (QED) is 0.306. The van der Waals surface area contributed by atoms with Crippen molar-refractivity contribution in [2.45, 2.75) is 70.4 Å². The zero-order chi connectivity index (χ0) is 31.6. The molecule has 2 aromatic rings. The van der Waals surface area contributed by atoms with E-state index in [2.05, 4.69) is 25.8 Å². The minimum atomic E-state index is -0.848. The molecular weight excluding hydrogens is 567 g/mol. The van der Waals surface area contributed by atoms with Crippen LogP contribution in [-0.2, 0) is 32.0 Å². The fraction of sp³-hybridized carbons (Fsp3) is 0.531. The molecule has 0 bridgehead atoms. The molecule has 12 heteroatoms. The van der Waals surface area contributed by atoms with Crippen LogP contribution in [0.1, 0.15) is 56.6 Å². The molecule has 238 valence electrons. The van der Waals surface area contributed by atoms with E-state index >= 15 is 4.39 Å². The number of nitrogens with one attached hydrogen (secondary N) is 4. The maximum absolute atomic E-state index is 15.4. The summed E-state index contributed by atoms with van der Waals surface area (Å²) in [6.45, 7) is 4.28. The largest absolute Gasteiger partial charge is 0.344 e. The van der Waals surface area contributed by atoms with E-state index in [1.54, 1.807) is 24.0 Å². The summed E-state index contributed by atoms with van der Waals surface area (Å²) in [6, 6.07) is 5.55. The van der Waals surface area contributed by atoms with E-state index < -0.39 is 23.8 Å². The van der Waals surface area contributed by atoms with E-state index in [-0.39, 0.29) is 54.1 Å². The Hall–Kier alpha value is -4.06. The van der Waals surface area contributed by atoms with E-state index in [0.717, 1.165) is 45.2 Å². The molecule has 0 unspecified atom stereocenters. The molecule has 2 heterocycles. The van der Waals surface area contributed by atoms with Crippen molar-refractivity contribution >= 4 is 29.3 Å². The Labute approximate surface area is 257 Å². The summed E-state index contributed by atoms with van der Waals surface area (Å²) in [5, 5.41) is 8.29. The van der Waals surface area contributed by atoms with Gasteiger partial charge in [-0.3, -0.25) is 24.0 Å². The molecule has 2 fully saturated rings. The Kier molecular flexibility index (Phi) is 11.6. The van der Waals surface area contributed by atoms with E-state index in [4.69, 9.17) is 0 Å². The number of amides is 4. The Morgan fingerprint density at radius 2 is 1.66 bits per heavy atom. The normalized spacial score (nSPS) is 17.4. The number of nitrogens with zero attached hydrogens (tertiary/aromatic N) is 2. The molecule has 1 aliphatic carbocycles.